The van der Waals surface area contributed by atoms with E-state index in [1.165, 1.54) is 0 Å². The molecule has 1 aliphatic heterocycles. The van der Waals surface area contributed by atoms with Gasteiger partial charge in [-0.2, -0.15) is 4.31 Å². The zero-order chi connectivity index (χ0) is 15.0. The molecule has 1 saturated heterocycles. The zero-order valence-corrected chi connectivity index (χ0v) is 13.4. The van der Waals surface area contributed by atoms with Gasteiger partial charge in [0.15, 0.2) is 5.76 Å². The van der Waals surface area contributed by atoms with E-state index in [1.807, 2.05) is 0 Å². The Bertz CT molecular complexity index is 581. The molecule has 118 valence electrons. The standard InChI is InChI=1S/C14H23N3O3S/c1-10-14(11(2)20-16-10)21(18,19)17(13-3-4-13)9-12-5-7-15-8-6-12/h12-13,15H,3-9H2,1-2H3. The van der Waals surface area contributed by atoms with Gasteiger partial charge in [-0.1, -0.05) is 5.16 Å². The van der Waals surface area contributed by atoms with Crippen molar-refractivity contribution in [1.29, 1.82) is 0 Å². The molecule has 6 nitrogen and oxygen atoms in total. The molecule has 7 heteroatoms. The molecule has 2 aliphatic rings. The van der Waals surface area contributed by atoms with Crippen LogP contribution in [0.2, 0.25) is 0 Å². The predicted molar refractivity (Wildman–Crippen MR) is 78.5 cm³/mol. The lowest BCUT2D eigenvalue weighted by Crippen LogP contribution is -2.40. The van der Waals surface area contributed by atoms with E-state index in [-0.39, 0.29) is 10.9 Å². The summed E-state index contributed by atoms with van der Waals surface area (Å²) in [5, 5.41) is 7.12. The number of sulfonamides is 1. The number of nitrogens with one attached hydrogen (secondary N) is 1. The van der Waals surface area contributed by atoms with Crippen molar-refractivity contribution >= 4 is 10.0 Å². The smallest absolute Gasteiger partial charge is 0.248 e. The van der Waals surface area contributed by atoms with Crippen LogP contribution in [-0.4, -0.2) is 43.6 Å². The van der Waals surface area contributed by atoms with Gasteiger partial charge in [0.25, 0.3) is 0 Å². The van der Waals surface area contributed by atoms with E-state index in [0.29, 0.717) is 23.9 Å². The van der Waals surface area contributed by atoms with Gasteiger partial charge in [0, 0.05) is 12.6 Å². The van der Waals surface area contributed by atoms with Crippen molar-refractivity contribution in [3.05, 3.63) is 11.5 Å². The Labute approximate surface area is 125 Å². The van der Waals surface area contributed by atoms with Crippen LogP contribution in [0.25, 0.3) is 0 Å². The van der Waals surface area contributed by atoms with Crippen LogP contribution >= 0.6 is 0 Å². The number of aromatic nitrogens is 1. The van der Waals surface area contributed by atoms with Crippen LogP contribution < -0.4 is 5.32 Å². The SMILES string of the molecule is Cc1noc(C)c1S(=O)(=O)N(CC1CCNCC1)C1CC1. The fourth-order valence-corrected chi connectivity index (χ4v) is 5.14. The minimum Gasteiger partial charge on any atom is -0.360 e. The van der Waals surface area contributed by atoms with Crippen LogP contribution in [0, 0.1) is 19.8 Å². The van der Waals surface area contributed by atoms with Crippen LogP contribution in [-0.2, 0) is 10.0 Å². The third kappa shape index (κ3) is 3.00. The van der Waals surface area contributed by atoms with Gasteiger partial charge in [-0.15, -0.1) is 0 Å². The normalized spacial score (nSPS) is 21.1. The Hall–Kier alpha value is -0.920. The first kappa shape index (κ1) is 15.0. The maximum absolute atomic E-state index is 13.0. The molecule has 21 heavy (non-hydrogen) atoms. The lowest BCUT2D eigenvalue weighted by atomic mass is 9.98. The molecular weight excluding hydrogens is 290 g/mol. The van der Waals surface area contributed by atoms with Crippen molar-refractivity contribution in [3.63, 3.8) is 0 Å². The van der Waals surface area contributed by atoms with Crippen LogP contribution in [0.5, 0.6) is 0 Å². The van der Waals surface area contributed by atoms with E-state index < -0.39 is 10.0 Å². The molecule has 1 aromatic rings. The summed E-state index contributed by atoms with van der Waals surface area (Å²) in [6.45, 7) is 5.95. The van der Waals surface area contributed by atoms with E-state index in [0.717, 1.165) is 38.8 Å². The molecule has 3 rings (SSSR count). The zero-order valence-electron chi connectivity index (χ0n) is 12.6. The Morgan fingerprint density at radius 1 is 1.24 bits per heavy atom. The molecule has 1 saturated carbocycles. The maximum atomic E-state index is 13.0. The topological polar surface area (TPSA) is 75.4 Å². The molecule has 1 aliphatic carbocycles. The van der Waals surface area contributed by atoms with Gasteiger partial charge in [0.1, 0.15) is 10.6 Å². The van der Waals surface area contributed by atoms with E-state index >= 15 is 0 Å². The average Bonchev–Trinajstić information content (AvgIpc) is 3.22. The molecule has 0 unspecified atom stereocenters. The molecule has 2 heterocycles. The van der Waals surface area contributed by atoms with E-state index in [2.05, 4.69) is 10.5 Å². The van der Waals surface area contributed by atoms with Crippen LogP contribution in [0.3, 0.4) is 0 Å². The first-order valence-electron chi connectivity index (χ1n) is 7.65. The number of piperidine rings is 1. The minimum atomic E-state index is -3.50. The van der Waals surface area contributed by atoms with Gasteiger partial charge in [0.2, 0.25) is 10.0 Å². The molecule has 2 fully saturated rings. The molecular formula is C14H23N3O3S. The summed E-state index contributed by atoms with van der Waals surface area (Å²) in [6.07, 6.45) is 4.02. The molecule has 1 aromatic heterocycles. The number of rotatable bonds is 5. The van der Waals surface area contributed by atoms with E-state index in [9.17, 15) is 8.42 Å². The summed E-state index contributed by atoms with van der Waals surface area (Å²) in [4.78, 5) is 0.267. The van der Waals surface area contributed by atoms with Gasteiger partial charge < -0.3 is 9.84 Å². The third-order valence-corrected chi connectivity index (χ3v) is 6.55. The highest BCUT2D eigenvalue weighted by Gasteiger charge is 2.41. The van der Waals surface area contributed by atoms with Gasteiger partial charge in [-0.05, 0) is 58.5 Å². The minimum absolute atomic E-state index is 0.165. The Balaban J connectivity index is 1.86. The number of hydrogen-bond acceptors (Lipinski definition) is 5. The number of aryl methyl sites for hydroxylation is 2. The quantitative estimate of drug-likeness (QED) is 0.890. The summed E-state index contributed by atoms with van der Waals surface area (Å²) in [5.74, 6) is 0.838. The summed E-state index contributed by atoms with van der Waals surface area (Å²) in [5.41, 5.74) is 0.462. The highest BCUT2D eigenvalue weighted by molar-refractivity contribution is 7.89. The first-order chi connectivity index (χ1) is 10.00. The molecule has 0 atom stereocenters. The highest BCUT2D eigenvalue weighted by atomic mass is 32.2. The Kier molecular flexibility index (Phi) is 4.07. The summed E-state index contributed by atoms with van der Waals surface area (Å²) in [6, 6.07) is 0.165. The van der Waals surface area contributed by atoms with Gasteiger partial charge in [0.05, 0.1) is 0 Å². The number of hydrogen-bond donors (Lipinski definition) is 1. The second kappa shape index (κ2) is 5.70. The molecule has 1 N–H and O–H groups in total. The monoisotopic (exact) mass is 313 g/mol. The maximum Gasteiger partial charge on any atom is 0.248 e. The molecule has 0 amide bonds. The molecule has 0 aromatic carbocycles. The fourth-order valence-electron chi connectivity index (χ4n) is 3.08. The van der Waals surface area contributed by atoms with Crippen LogP contribution in [0.15, 0.2) is 9.42 Å². The predicted octanol–water partition coefficient (Wildman–Crippen LogP) is 1.44. The molecule has 0 bridgehead atoms. The highest BCUT2D eigenvalue weighted by Crippen LogP contribution is 2.35. The average molecular weight is 313 g/mol. The molecule has 0 spiro atoms. The van der Waals surface area contributed by atoms with Crippen molar-refractivity contribution in [2.45, 2.75) is 50.5 Å². The second-order valence-corrected chi connectivity index (χ2v) is 7.98. The van der Waals surface area contributed by atoms with Crippen molar-refractivity contribution in [3.8, 4) is 0 Å². The summed E-state index contributed by atoms with van der Waals surface area (Å²) >= 11 is 0. The van der Waals surface area contributed by atoms with Crippen LogP contribution in [0.1, 0.15) is 37.1 Å². The van der Waals surface area contributed by atoms with Crippen molar-refractivity contribution in [2.75, 3.05) is 19.6 Å². The molecule has 0 radical (unpaired) electrons. The lowest BCUT2D eigenvalue weighted by Gasteiger charge is -2.29. The second-order valence-electron chi connectivity index (χ2n) is 6.15. The fraction of sp³-hybridized carbons (Fsp3) is 0.786. The first-order valence-corrected chi connectivity index (χ1v) is 9.09. The van der Waals surface area contributed by atoms with Gasteiger partial charge in [-0.25, -0.2) is 8.42 Å². The van der Waals surface area contributed by atoms with E-state index in [1.54, 1.807) is 18.2 Å². The van der Waals surface area contributed by atoms with Crippen molar-refractivity contribution in [2.24, 2.45) is 5.92 Å². The van der Waals surface area contributed by atoms with Gasteiger partial charge in [-0.3, -0.25) is 0 Å². The summed E-state index contributed by atoms with van der Waals surface area (Å²) < 4.78 is 32.8. The largest absolute Gasteiger partial charge is 0.360 e. The Morgan fingerprint density at radius 2 is 1.90 bits per heavy atom. The van der Waals surface area contributed by atoms with Crippen LogP contribution in [0.4, 0.5) is 0 Å². The van der Waals surface area contributed by atoms with Gasteiger partial charge >= 0.3 is 0 Å². The van der Waals surface area contributed by atoms with E-state index in [4.69, 9.17) is 4.52 Å². The van der Waals surface area contributed by atoms with Crippen molar-refractivity contribution in [1.82, 2.24) is 14.8 Å². The third-order valence-electron chi connectivity index (χ3n) is 4.39. The Morgan fingerprint density at radius 3 is 2.43 bits per heavy atom. The number of nitrogens with zero attached hydrogens (tertiary/aromatic N) is 2. The summed E-state index contributed by atoms with van der Waals surface area (Å²) in [7, 11) is -3.50. The van der Waals surface area contributed by atoms with Crippen molar-refractivity contribution < 1.29 is 12.9 Å². The lowest BCUT2D eigenvalue weighted by molar-refractivity contribution is 0.283.